The molecule has 0 bridgehead atoms. The third kappa shape index (κ3) is 2.42. The van der Waals surface area contributed by atoms with Crippen LogP contribution >= 0.6 is 11.8 Å². The van der Waals surface area contributed by atoms with Gasteiger partial charge in [-0.2, -0.15) is 0 Å². The van der Waals surface area contributed by atoms with Crippen molar-refractivity contribution in [3.05, 3.63) is 35.4 Å². The van der Waals surface area contributed by atoms with Gasteiger partial charge in [-0.1, -0.05) is 18.2 Å². The Morgan fingerprint density at radius 1 is 1.50 bits per heavy atom. The highest BCUT2D eigenvalue weighted by molar-refractivity contribution is 8.01. The van der Waals surface area contributed by atoms with Crippen LogP contribution < -0.4 is 5.32 Å². The van der Waals surface area contributed by atoms with Gasteiger partial charge in [0, 0.05) is 10.3 Å². The van der Waals surface area contributed by atoms with Crippen LogP contribution in [0, 0.1) is 0 Å². The minimum Gasteiger partial charge on any atom is -0.480 e. The molecule has 96 valence electrons. The van der Waals surface area contributed by atoms with Gasteiger partial charge < -0.3 is 5.11 Å². The Balaban J connectivity index is 2.26. The predicted molar refractivity (Wildman–Crippen MR) is 70.8 cm³/mol. The number of hydrogen-bond acceptors (Lipinski definition) is 4. The van der Waals surface area contributed by atoms with E-state index in [4.69, 9.17) is 0 Å². The van der Waals surface area contributed by atoms with Crippen molar-refractivity contribution < 1.29 is 14.7 Å². The van der Waals surface area contributed by atoms with Crippen LogP contribution in [0.5, 0.6) is 0 Å². The van der Waals surface area contributed by atoms with Crippen LogP contribution in [0.3, 0.4) is 0 Å². The first-order valence-electron chi connectivity index (χ1n) is 5.66. The molecule has 1 aromatic rings. The lowest BCUT2D eigenvalue weighted by atomic mass is 10.0. The van der Waals surface area contributed by atoms with E-state index in [0.29, 0.717) is 5.56 Å². The van der Waals surface area contributed by atoms with Crippen molar-refractivity contribution in [1.82, 2.24) is 5.32 Å². The molecular formula is C13H15NO3S. The quantitative estimate of drug-likeness (QED) is 0.819. The second-order valence-electron chi connectivity index (χ2n) is 4.83. The summed E-state index contributed by atoms with van der Waals surface area (Å²) in [5.41, 5.74) is 1.54. The van der Waals surface area contributed by atoms with E-state index in [1.807, 2.05) is 26.0 Å². The van der Waals surface area contributed by atoms with Gasteiger partial charge in [-0.05, 0) is 25.5 Å². The lowest BCUT2D eigenvalue weighted by Crippen LogP contribution is -2.43. The molecule has 1 heterocycles. The molecule has 4 nitrogen and oxygen atoms in total. The molecule has 1 fully saturated rings. The number of carboxylic acids is 1. The van der Waals surface area contributed by atoms with Crippen LogP contribution in [0.25, 0.3) is 0 Å². The maximum atomic E-state index is 11.2. The first-order valence-corrected chi connectivity index (χ1v) is 6.54. The molecule has 1 unspecified atom stereocenters. The lowest BCUT2D eigenvalue weighted by Gasteiger charge is -2.20. The summed E-state index contributed by atoms with van der Waals surface area (Å²) in [6.45, 7) is 3.82. The molecule has 1 aromatic carbocycles. The van der Waals surface area contributed by atoms with Gasteiger partial charge in [-0.15, -0.1) is 11.8 Å². The molecule has 0 aliphatic carbocycles. The predicted octanol–water partition coefficient (Wildman–Crippen LogP) is 2.07. The Morgan fingerprint density at radius 2 is 2.22 bits per heavy atom. The fourth-order valence-electron chi connectivity index (χ4n) is 2.09. The van der Waals surface area contributed by atoms with Gasteiger partial charge in [-0.25, -0.2) is 0 Å². The Bertz CT molecular complexity index is 487. The molecule has 1 aliphatic heterocycles. The summed E-state index contributed by atoms with van der Waals surface area (Å²) >= 11 is 1.57. The summed E-state index contributed by atoms with van der Waals surface area (Å²) in [5.74, 6) is -0.846. The average molecular weight is 265 g/mol. The highest BCUT2D eigenvalue weighted by Crippen LogP contribution is 2.45. The normalized spacial score (nSPS) is 25.9. The SMILES string of the molecule is CC1(C)SC(c2cccc(C=O)c2)N[C@H]1C(=O)O. The standard InChI is InChI=1S/C13H15NO3S/c1-13(2)10(12(16)17)14-11(18-13)9-5-3-4-8(6-9)7-15/h3-7,10-11,14H,1-2H3,(H,16,17)/t10-,11?/m0/s1. The van der Waals surface area contributed by atoms with E-state index in [9.17, 15) is 14.7 Å². The Labute approximate surface area is 110 Å². The number of thioether (sulfide) groups is 1. The lowest BCUT2D eigenvalue weighted by molar-refractivity contribution is -0.139. The summed E-state index contributed by atoms with van der Waals surface area (Å²) in [7, 11) is 0. The van der Waals surface area contributed by atoms with E-state index in [2.05, 4.69) is 5.32 Å². The Morgan fingerprint density at radius 3 is 2.78 bits per heavy atom. The first kappa shape index (κ1) is 13.1. The number of carboxylic acid groups (broad SMARTS) is 1. The van der Waals surface area contributed by atoms with Crippen molar-refractivity contribution in [3.63, 3.8) is 0 Å². The molecule has 5 heteroatoms. The van der Waals surface area contributed by atoms with Gasteiger partial charge >= 0.3 is 5.97 Å². The van der Waals surface area contributed by atoms with E-state index < -0.39 is 12.0 Å². The van der Waals surface area contributed by atoms with Gasteiger partial charge in [0.05, 0.1) is 5.37 Å². The zero-order valence-electron chi connectivity index (χ0n) is 10.2. The largest absolute Gasteiger partial charge is 0.480 e. The number of carbonyl (C=O) groups excluding carboxylic acids is 1. The van der Waals surface area contributed by atoms with Crippen LogP contribution in [-0.2, 0) is 4.79 Å². The summed E-state index contributed by atoms with van der Waals surface area (Å²) in [4.78, 5) is 21.9. The number of rotatable bonds is 3. The van der Waals surface area contributed by atoms with E-state index in [-0.39, 0.29) is 10.1 Å². The zero-order valence-corrected chi connectivity index (χ0v) is 11.0. The molecule has 0 spiro atoms. The maximum Gasteiger partial charge on any atom is 0.322 e. The van der Waals surface area contributed by atoms with E-state index >= 15 is 0 Å². The maximum absolute atomic E-state index is 11.2. The molecular weight excluding hydrogens is 250 g/mol. The topological polar surface area (TPSA) is 66.4 Å². The monoisotopic (exact) mass is 265 g/mol. The third-order valence-electron chi connectivity index (χ3n) is 3.03. The summed E-state index contributed by atoms with van der Waals surface area (Å²) in [5, 5.41) is 12.2. The second kappa shape index (κ2) is 4.74. The number of nitrogens with one attached hydrogen (secondary N) is 1. The summed E-state index contributed by atoms with van der Waals surface area (Å²) in [6, 6.07) is 6.64. The van der Waals surface area contributed by atoms with E-state index in [1.54, 1.807) is 23.9 Å². The molecule has 18 heavy (non-hydrogen) atoms. The van der Waals surface area contributed by atoms with Gasteiger partial charge in [0.1, 0.15) is 12.3 Å². The summed E-state index contributed by atoms with van der Waals surface area (Å²) in [6.07, 6.45) is 0.795. The average Bonchev–Trinajstić information content (AvgIpc) is 2.65. The highest BCUT2D eigenvalue weighted by Gasteiger charge is 2.45. The molecule has 0 aromatic heterocycles. The minimum absolute atomic E-state index is 0.0963. The fourth-order valence-corrected chi connectivity index (χ4v) is 3.49. The number of benzene rings is 1. The minimum atomic E-state index is -0.846. The van der Waals surface area contributed by atoms with E-state index in [1.165, 1.54) is 0 Å². The van der Waals surface area contributed by atoms with Gasteiger partial charge in [0.2, 0.25) is 0 Å². The molecule has 0 amide bonds. The molecule has 0 radical (unpaired) electrons. The molecule has 2 atom stereocenters. The zero-order chi connectivity index (χ0) is 13.3. The fraction of sp³-hybridized carbons (Fsp3) is 0.385. The van der Waals surface area contributed by atoms with Crippen LogP contribution in [0.4, 0.5) is 0 Å². The number of carbonyl (C=O) groups is 2. The molecule has 2 rings (SSSR count). The Hall–Kier alpha value is -1.33. The van der Waals surface area contributed by atoms with Crippen molar-refractivity contribution in [2.24, 2.45) is 0 Å². The number of hydrogen-bond donors (Lipinski definition) is 2. The van der Waals surface area contributed by atoms with Crippen molar-refractivity contribution in [1.29, 1.82) is 0 Å². The Kier molecular flexibility index (Phi) is 3.45. The molecule has 2 N–H and O–H groups in total. The van der Waals surface area contributed by atoms with Crippen LogP contribution in [0.1, 0.15) is 35.1 Å². The second-order valence-corrected chi connectivity index (χ2v) is 6.59. The first-order chi connectivity index (χ1) is 8.44. The highest BCUT2D eigenvalue weighted by atomic mass is 32.2. The van der Waals surface area contributed by atoms with Crippen LogP contribution in [-0.4, -0.2) is 28.2 Å². The van der Waals surface area contributed by atoms with Gasteiger partial charge in [0.25, 0.3) is 0 Å². The van der Waals surface area contributed by atoms with Gasteiger partial charge in [0.15, 0.2) is 0 Å². The third-order valence-corrected chi connectivity index (χ3v) is 4.52. The molecule has 1 aliphatic rings. The smallest absolute Gasteiger partial charge is 0.322 e. The van der Waals surface area contributed by atoms with E-state index in [0.717, 1.165) is 11.8 Å². The van der Waals surface area contributed by atoms with Crippen molar-refractivity contribution in [3.8, 4) is 0 Å². The van der Waals surface area contributed by atoms with Gasteiger partial charge in [-0.3, -0.25) is 14.9 Å². The number of aliphatic carboxylic acids is 1. The van der Waals surface area contributed by atoms with Crippen LogP contribution in [0.15, 0.2) is 24.3 Å². The van der Waals surface area contributed by atoms with Crippen molar-refractivity contribution in [2.75, 3.05) is 0 Å². The van der Waals surface area contributed by atoms with Crippen molar-refractivity contribution >= 4 is 24.0 Å². The molecule has 1 saturated heterocycles. The van der Waals surface area contributed by atoms with Crippen LogP contribution in [0.2, 0.25) is 0 Å². The summed E-state index contributed by atoms with van der Waals surface area (Å²) < 4.78 is -0.381. The molecule has 0 saturated carbocycles. The number of aldehydes is 1. The van der Waals surface area contributed by atoms with Crippen molar-refractivity contribution in [2.45, 2.75) is 30.0 Å².